The minimum Gasteiger partial charge on any atom is -0.465 e. The molecule has 0 bridgehead atoms. The van der Waals surface area contributed by atoms with Gasteiger partial charge in [-0.2, -0.15) is 0 Å². The molecule has 0 unspecified atom stereocenters. The van der Waals surface area contributed by atoms with E-state index in [0.29, 0.717) is 25.4 Å². The van der Waals surface area contributed by atoms with Crippen molar-refractivity contribution in [1.29, 1.82) is 0 Å². The van der Waals surface area contributed by atoms with Crippen molar-refractivity contribution < 1.29 is 14.3 Å². The van der Waals surface area contributed by atoms with Gasteiger partial charge in [-0.3, -0.25) is 9.59 Å². The average Bonchev–Trinajstić information content (AvgIpc) is 2.16. The maximum absolute atomic E-state index is 11.7. The molecular weight excluding hydrogens is 204 g/mol. The van der Waals surface area contributed by atoms with Crippen molar-refractivity contribution >= 4 is 11.8 Å². The van der Waals surface area contributed by atoms with Gasteiger partial charge in [-0.1, -0.05) is 20.8 Å². The van der Waals surface area contributed by atoms with E-state index in [2.05, 4.69) is 20.8 Å². The molecule has 0 aromatic heterocycles. The van der Waals surface area contributed by atoms with E-state index in [4.69, 9.17) is 4.74 Å². The van der Waals surface area contributed by atoms with Crippen LogP contribution in [0.1, 0.15) is 47.0 Å². The second kappa shape index (κ2) is 4.98. The average molecular weight is 226 g/mol. The summed E-state index contributed by atoms with van der Waals surface area (Å²) in [5.41, 5.74) is 0.158. The number of Topliss-reactive ketones (excluding diaryl/α,β-unsaturated/α-hetero) is 1. The van der Waals surface area contributed by atoms with E-state index in [1.165, 1.54) is 0 Å². The molecule has 0 aromatic carbocycles. The van der Waals surface area contributed by atoms with Crippen LogP contribution in [0.25, 0.3) is 0 Å². The Morgan fingerprint density at radius 3 is 2.56 bits per heavy atom. The number of carbonyl (C=O) groups is 2. The van der Waals surface area contributed by atoms with Gasteiger partial charge in [0.05, 0.1) is 6.61 Å². The molecule has 0 radical (unpaired) electrons. The smallest absolute Gasteiger partial charge is 0.316 e. The minimum absolute atomic E-state index is 0.0546. The molecule has 0 N–H and O–H groups in total. The molecule has 1 saturated carbocycles. The van der Waals surface area contributed by atoms with E-state index in [9.17, 15) is 9.59 Å². The lowest BCUT2D eigenvalue weighted by Crippen LogP contribution is -2.36. The number of hydrogen-bond donors (Lipinski definition) is 0. The SMILES string of the molecule is CCOC(=O)[C@H]1C[C@@H](C(C)(C)C)CCC1=O. The van der Waals surface area contributed by atoms with Crippen LogP contribution in [0.3, 0.4) is 0 Å². The van der Waals surface area contributed by atoms with Crippen LogP contribution in [0.2, 0.25) is 0 Å². The van der Waals surface area contributed by atoms with Crippen LogP contribution in [-0.2, 0) is 14.3 Å². The Morgan fingerprint density at radius 1 is 1.44 bits per heavy atom. The molecule has 0 aliphatic heterocycles. The number of rotatable bonds is 2. The summed E-state index contributed by atoms with van der Waals surface area (Å²) >= 11 is 0. The highest BCUT2D eigenvalue weighted by Gasteiger charge is 2.38. The van der Waals surface area contributed by atoms with E-state index in [0.717, 1.165) is 6.42 Å². The van der Waals surface area contributed by atoms with Crippen LogP contribution in [0.15, 0.2) is 0 Å². The van der Waals surface area contributed by atoms with E-state index >= 15 is 0 Å². The maximum Gasteiger partial charge on any atom is 0.316 e. The van der Waals surface area contributed by atoms with Crippen molar-refractivity contribution in [2.24, 2.45) is 17.3 Å². The summed E-state index contributed by atoms with van der Waals surface area (Å²) in [7, 11) is 0. The van der Waals surface area contributed by atoms with Gasteiger partial charge in [0.1, 0.15) is 11.7 Å². The van der Waals surface area contributed by atoms with Crippen LogP contribution in [-0.4, -0.2) is 18.4 Å². The first kappa shape index (κ1) is 13.2. The summed E-state index contributed by atoms with van der Waals surface area (Å²) < 4.78 is 4.95. The Balaban J connectivity index is 2.69. The van der Waals surface area contributed by atoms with Gasteiger partial charge < -0.3 is 4.74 Å². The first-order valence-corrected chi connectivity index (χ1v) is 6.05. The fraction of sp³-hybridized carbons (Fsp3) is 0.846. The van der Waals surface area contributed by atoms with E-state index in [1.807, 2.05) is 0 Å². The maximum atomic E-state index is 11.7. The molecule has 1 aliphatic rings. The first-order chi connectivity index (χ1) is 7.36. The van der Waals surface area contributed by atoms with Crippen LogP contribution < -0.4 is 0 Å². The lowest BCUT2D eigenvalue weighted by molar-refractivity contribution is -0.154. The predicted octanol–water partition coefficient (Wildman–Crippen LogP) is 2.58. The third kappa shape index (κ3) is 3.06. The predicted molar refractivity (Wildman–Crippen MR) is 61.9 cm³/mol. The summed E-state index contributed by atoms with van der Waals surface area (Å²) in [5, 5.41) is 0. The first-order valence-electron chi connectivity index (χ1n) is 6.05. The molecule has 16 heavy (non-hydrogen) atoms. The lowest BCUT2D eigenvalue weighted by Gasteiger charge is -2.36. The van der Waals surface area contributed by atoms with Crippen molar-refractivity contribution in [1.82, 2.24) is 0 Å². The van der Waals surface area contributed by atoms with Gasteiger partial charge in [-0.15, -0.1) is 0 Å². The van der Waals surface area contributed by atoms with Crippen LogP contribution in [0, 0.1) is 17.3 Å². The van der Waals surface area contributed by atoms with E-state index in [1.54, 1.807) is 6.92 Å². The Morgan fingerprint density at radius 2 is 2.06 bits per heavy atom. The molecule has 2 atom stereocenters. The molecule has 0 amide bonds. The van der Waals surface area contributed by atoms with Gasteiger partial charge in [0.2, 0.25) is 0 Å². The monoisotopic (exact) mass is 226 g/mol. The van der Waals surface area contributed by atoms with Crippen molar-refractivity contribution in [2.45, 2.75) is 47.0 Å². The molecular formula is C13H22O3. The van der Waals surface area contributed by atoms with E-state index in [-0.39, 0.29) is 17.2 Å². The number of ether oxygens (including phenoxy) is 1. The highest BCUT2D eigenvalue weighted by molar-refractivity contribution is 5.99. The van der Waals surface area contributed by atoms with Crippen LogP contribution in [0.5, 0.6) is 0 Å². The third-order valence-electron chi connectivity index (χ3n) is 3.44. The van der Waals surface area contributed by atoms with Gasteiger partial charge in [-0.05, 0) is 31.1 Å². The molecule has 0 aromatic rings. The van der Waals surface area contributed by atoms with Crippen molar-refractivity contribution in [3.8, 4) is 0 Å². The Hall–Kier alpha value is -0.860. The van der Waals surface area contributed by atoms with Gasteiger partial charge in [0, 0.05) is 6.42 Å². The second-order valence-electron chi connectivity index (χ2n) is 5.61. The van der Waals surface area contributed by atoms with E-state index < -0.39 is 5.92 Å². The van der Waals surface area contributed by atoms with Crippen LogP contribution in [0.4, 0.5) is 0 Å². The zero-order chi connectivity index (χ0) is 12.3. The van der Waals surface area contributed by atoms with Gasteiger partial charge >= 0.3 is 5.97 Å². The summed E-state index contributed by atoms with van der Waals surface area (Å²) in [5.74, 6) is -0.363. The number of ketones is 1. The molecule has 92 valence electrons. The molecule has 3 heteroatoms. The highest BCUT2D eigenvalue weighted by Crippen LogP contribution is 2.39. The summed E-state index contributed by atoms with van der Waals surface area (Å²) in [6.45, 7) is 8.61. The molecule has 0 spiro atoms. The second-order valence-corrected chi connectivity index (χ2v) is 5.61. The summed E-state index contributed by atoms with van der Waals surface area (Å²) in [6.07, 6.45) is 2.07. The van der Waals surface area contributed by atoms with Gasteiger partial charge in [-0.25, -0.2) is 0 Å². The highest BCUT2D eigenvalue weighted by atomic mass is 16.5. The van der Waals surface area contributed by atoms with Crippen molar-refractivity contribution in [3.05, 3.63) is 0 Å². The Labute approximate surface area is 97.5 Å². The molecule has 0 saturated heterocycles. The Kier molecular flexibility index (Phi) is 4.11. The standard InChI is InChI=1S/C13H22O3/c1-5-16-12(15)10-8-9(13(2,3)4)6-7-11(10)14/h9-10H,5-8H2,1-4H3/t9-,10-/m0/s1. The number of carbonyl (C=O) groups excluding carboxylic acids is 2. The molecule has 3 nitrogen and oxygen atoms in total. The molecule has 1 fully saturated rings. The third-order valence-corrected chi connectivity index (χ3v) is 3.44. The molecule has 1 aliphatic carbocycles. The van der Waals surface area contributed by atoms with Crippen molar-refractivity contribution in [2.75, 3.05) is 6.61 Å². The fourth-order valence-corrected chi connectivity index (χ4v) is 2.28. The van der Waals surface area contributed by atoms with Crippen LogP contribution >= 0.6 is 0 Å². The number of hydrogen-bond acceptors (Lipinski definition) is 3. The Bertz CT molecular complexity index is 275. The van der Waals surface area contributed by atoms with Gasteiger partial charge in [0.25, 0.3) is 0 Å². The minimum atomic E-state index is -0.516. The largest absolute Gasteiger partial charge is 0.465 e. The fourth-order valence-electron chi connectivity index (χ4n) is 2.28. The normalized spacial score (nSPS) is 26.6. The van der Waals surface area contributed by atoms with Crippen molar-refractivity contribution in [3.63, 3.8) is 0 Å². The summed E-state index contributed by atoms with van der Waals surface area (Å²) in [4.78, 5) is 23.3. The molecule has 0 heterocycles. The molecule has 1 rings (SSSR count). The number of esters is 1. The topological polar surface area (TPSA) is 43.4 Å². The zero-order valence-corrected chi connectivity index (χ0v) is 10.7. The lowest BCUT2D eigenvalue weighted by atomic mass is 9.69. The summed E-state index contributed by atoms with van der Waals surface area (Å²) in [6, 6.07) is 0. The zero-order valence-electron chi connectivity index (χ0n) is 10.7. The quantitative estimate of drug-likeness (QED) is 0.537. The van der Waals surface area contributed by atoms with Gasteiger partial charge in [0.15, 0.2) is 0 Å².